The van der Waals surface area contributed by atoms with Crippen LogP contribution in [0.25, 0.3) is 20.7 Å². The molecule has 1 aliphatic heterocycles. The lowest BCUT2D eigenvalue weighted by molar-refractivity contribution is -0.122. The van der Waals surface area contributed by atoms with Gasteiger partial charge in [-0.25, -0.2) is 4.98 Å². The van der Waals surface area contributed by atoms with Crippen molar-refractivity contribution in [2.45, 2.75) is 25.4 Å². The number of aromatic nitrogens is 2. The minimum atomic E-state index is -0.213. The summed E-state index contributed by atoms with van der Waals surface area (Å²) in [6.07, 6.45) is 3.76. The minimum absolute atomic E-state index is 0.0160. The van der Waals surface area contributed by atoms with E-state index in [1.165, 1.54) is 22.2 Å². The molecule has 4 heterocycles. The topological polar surface area (TPSA) is 76.5 Å². The third kappa shape index (κ3) is 4.51. The fourth-order valence-electron chi connectivity index (χ4n) is 4.55. The van der Waals surface area contributed by atoms with Gasteiger partial charge in [0.2, 0.25) is 5.91 Å². The molecular formula is C25H26N4O3S2. The average molecular weight is 495 g/mol. The summed E-state index contributed by atoms with van der Waals surface area (Å²) in [5.41, 5.74) is 1.75. The standard InChI is InChI=1S/C25H26N4O3S2/c1-32-20-8-3-2-7-17(20)19(28-10-4-5-11-28)13-26-22(30)14-29-16-27-24-23(25(29)31)18(15-34-24)21-9-6-12-33-21/h2-3,6-9,12,15-16,19H,4-5,10-11,13-14H2,1H3,(H,26,30). The first-order valence-corrected chi connectivity index (χ1v) is 13.1. The summed E-state index contributed by atoms with van der Waals surface area (Å²) in [4.78, 5) is 34.7. The fourth-order valence-corrected chi connectivity index (χ4v) is 6.27. The molecule has 9 heteroatoms. The fraction of sp³-hybridized carbons (Fsp3) is 0.320. The molecule has 0 aliphatic carbocycles. The van der Waals surface area contributed by atoms with Gasteiger partial charge in [-0.05, 0) is 43.4 Å². The van der Waals surface area contributed by atoms with Crippen LogP contribution >= 0.6 is 22.7 Å². The number of amides is 1. The Labute approximate surface area is 205 Å². The number of hydrogen-bond acceptors (Lipinski definition) is 7. The van der Waals surface area contributed by atoms with Crippen LogP contribution in [0, 0.1) is 0 Å². The number of benzene rings is 1. The zero-order valence-electron chi connectivity index (χ0n) is 18.9. The highest BCUT2D eigenvalue weighted by Crippen LogP contribution is 2.33. The molecule has 1 N–H and O–H groups in total. The summed E-state index contributed by atoms with van der Waals surface area (Å²) in [5.74, 6) is 0.605. The highest BCUT2D eigenvalue weighted by Gasteiger charge is 2.26. The van der Waals surface area contributed by atoms with Gasteiger partial charge in [0, 0.05) is 27.9 Å². The van der Waals surface area contributed by atoms with Gasteiger partial charge in [0.1, 0.15) is 17.1 Å². The van der Waals surface area contributed by atoms with Crippen LogP contribution in [0.5, 0.6) is 5.75 Å². The second kappa shape index (κ2) is 10.1. The van der Waals surface area contributed by atoms with E-state index in [9.17, 15) is 9.59 Å². The lowest BCUT2D eigenvalue weighted by atomic mass is 10.0. The smallest absolute Gasteiger partial charge is 0.263 e. The van der Waals surface area contributed by atoms with Crippen LogP contribution in [-0.2, 0) is 11.3 Å². The van der Waals surface area contributed by atoms with Gasteiger partial charge in [-0.15, -0.1) is 22.7 Å². The number of methoxy groups -OCH3 is 1. The highest BCUT2D eigenvalue weighted by molar-refractivity contribution is 7.18. The van der Waals surface area contributed by atoms with Crippen LogP contribution in [0.4, 0.5) is 0 Å². The quantitative estimate of drug-likeness (QED) is 0.398. The molecule has 1 aromatic carbocycles. The first-order chi connectivity index (χ1) is 16.7. The van der Waals surface area contributed by atoms with Crippen molar-refractivity contribution in [1.29, 1.82) is 0 Å². The summed E-state index contributed by atoms with van der Waals surface area (Å²) < 4.78 is 6.99. The maximum atomic E-state index is 13.2. The molecule has 4 aromatic rings. The van der Waals surface area contributed by atoms with E-state index in [1.807, 2.05) is 41.1 Å². The first-order valence-electron chi connectivity index (χ1n) is 11.3. The zero-order chi connectivity index (χ0) is 23.5. The molecule has 0 spiro atoms. The Hall–Kier alpha value is -3.01. The van der Waals surface area contributed by atoms with Crippen LogP contribution in [-0.4, -0.2) is 47.1 Å². The highest BCUT2D eigenvalue weighted by atomic mass is 32.1. The molecule has 1 amide bonds. The number of carbonyl (C=O) groups excluding carboxylic acids is 1. The van der Waals surface area contributed by atoms with Gasteiger partial charge in [-0.1, -0.05) is 24.3 Å². The molecule has 1 fully saturated rings. The number of para-hydroxylation sites is 1. The monoisotopic (exact) mass is 494 g/mol. The largest absolute Gasteiger partial charge is 0.496 e. The normalized spacial score (nSPS) is 15.0. The van der Waals surface area contributed by atoms with Gasteiger partial charge >= 0.3 is 0 Å². The third-order valence-electron chi connectivity index (χ3n) is 6.23. The van der Waals surface area contributed by atoms with E-state index in [-0.39, 0.29) is 24.1 Å². The minimum Gasteiger partial charge on any atom is -0.496 e. The van der Waals surface area contributed by atoms with Crippen molar-refractivity contribution in [1.82, 2.24) is 19.8 Å². The molecule has 176 valence electrons. The Bertz CT molecular complexity index is 1340. The number of hydrogen-bond donors (Lipinski definition) is 1. The summed E-state index contributed by atoms with van der Waals surface area (Å²) in [6, 6.07) is 11.9. The second-order valence-electron chi connectivity index (χ2n) is 8.29. The number of fused-ring (bicyclic) bond motifs is 1. The van der Waals surface area contributed by atoms with E-state index in [1.54, 1.807) is 18.4 Å². The third-order valence-corrected chi connectivity index (χ3v) is 8.02. The number of nitrogens with zero attached hydrogens (tertiary/aromatic N) is 3. The van der Waals surface area contributed by atoms with Crippen molar-refractivity contribution in [2.75, 3.05) is 26.7 Å². The molecule has 3 aromatic heterocycles. The molecule has 0 radical (unpaired) electrons. The predicted molar refractivity (Wildman–Crippen MR) is 137 cm³/mol. The molecule has 1 atom stereocenters. The van der Waals surface area contributed by atoms with E-state index in [4.69, 9.17) is 4.74 Å². The average Bonchev–Trinajstić information content (AvgIpc) is 3.63. The summed E-state index contributed by atoms with van der Waals surface area (Å²) in [5, 5.41) is 7.57. The lowest BCUT2D eigenvalue weighted by Gasteiger charge is -2.29. The molecule has 1 aliphatic rings. The van der Waals surface area contributed by atoms with Gasteiger partial charge < -0.3 is 10.1 Å². The van der Waals surface area contributed by atoms with Gasteiger partial charge in [-0.3, -0.25) is 19.1 Å². The summed E-state index contributed by atoms with van der Waals surface area (Å²) in [7, 11) is 1.67. The van der Waals surface area contributed by atoms with Crippen molar-refractivity contribution in [3.8, 4) is 16.2 Å². The van der Waals surface area contributed by atoms with Gasteiger partial charge in [0.15, 0.2) is 0 Å². The first kappa shape index (κ1) is 22.8. The number of carbonyl (C=O) groups is 1. The number of thiophene rings is 2. The van der Waals surface area contributed by atoms with E-state index in [2.05, 4.69) is 21.3 Å². The van der Waals surface area contributed by atoms with Crippen LogP contribution < -0.4 is 15.6 Å². The Morgan fingerprint density at radius 3 is 2.76 bits per heavy atom. The maximum Gasteiger partial charge on any atom is 0.263 e. The molecule has 0 bridgehead atoms. The van der Waals surface area contributed by atoms with Gasteiger partial charge in [0.05, 0.1) is 24.9 Å². The number of likely N-dealkylation sites (tertiary alicyclic amines) is 1. The molecule has 0 saturated carbocycles. The van der Waals surface area contributed by atoms with E-state index in [0.29, 0.717) is 16.8 Å². The van der Waals surface area contributed by atoms with Crippen molar-refractivity contribution in [3.05, 3.63) is 69.4 Å². The van der Waals surface area contributed by atoms with Gasteiger partial charge in [0.25, 0.3) is 5.56 Å². The Morgan fingerprint density at radius 1 is 1.18 bits per heavy atom. The molecule has 34 heavy (non-hydrogen) atoms. The van der Waals surface area contributed by atoms with Crippen molar-refractivity contribution < 1.29 is 9.53 Å². The number of ether oxygens (including phenoxy) is 1. The molecule has 1 saturated heterocycles. The Kier molecular flexibility index (Phi) is 6.75. The van der Waals surface area contributed by atoms with Crippen molar-refractivity contribution >= 4 is 38.8 Å². The van der Waals surface area contributed by atoms with Crippen LogP contribution in [0.3, 0.4) is 0 Å². The summed E-state index contributed by atoms with van der Waals surface area (Å²) >= 11 is 3.03. The SMILES string of the molecule is COc1ccccc1C(CNC(=O)Cn1cnc2scc(-c3cccs3)c2c1=O)N1CCCC1. The van der Waals surface area contributed by atoms with Gasteiger partial charge in [-0.2, -0.15) is 0 Å². The molecule has 5 rings (SSSR count). The Balaban J connectivity index is 1.35. The summed E-state index contributed by atoms with van der Waals surface area (Å²) in [6.45, 7) is 2.35. The van der Waals surface area contributed by atoms with E-state index < -0.39 is 0 Å². The second-order valence-corrected chi connectivity index (χ2v) is 10.1. The molecule has 7 nitrogen and oxygen atoms in total. The lowest BCUT2D eigenvalue weighted by Crippen LogP contribution is -2.39. The molecule has 1 unspecified atom stereocenters. The Morgan fingerprint density at radius 2 is 2.00 bits per heavy atom. The maximum absolute atomic E-state index is 13.2. The van der Waals surface area contributed by atoms with Crippen LogP contribution in [0.1, 0.15) is 24.4 Å². The van der Waals surface area contributed by atoms with Crippen LogP contribution in [0.2, 0.25) is 0 Å². The van der Waals surface area contributed by atoms with E-state index >= 15 is 0 Å². The van der Waals surface area contributed by atoms with E-state index in [0.717, 1.165) is 47.7 Å². The zero-order valence-corrected chi connectivity index (χ0v) is 20.5. The number of nitrogens with one attached hydrogen (secondary N) is 1. The predicted octanol–water partition coefficient (Wildman–Crippen LogP) is 4.15. The molecular weight excluding hydrogens is 468 g/mol. The van der Waals surface area contributed by atoms with Crippen molar-refractivity contribution in [2.24, 2.45) is 0 Å². The number of rotatable bonds is 8. The van der Waals surface area contributed by atoms with Crippen molar-refractivity contribution in [3.63, 3.8) is 0 Å². The van der Waals surface area contributed by atoms with Crippen LogP contribution in [0.15, 0.2) is 58.3 Å².